The molecule has 0 aliphatic carbocycles. The van der Waals surface area contributed by atoms with Gasteiger partial charge in [-0.1, -0.05) is 48.5 Å². The van der Waals surface area contributed by atoms with Crippen molar-refractivity contribution in [2.75, 3.05) is 7.11 Å². The molecule has 0 spiro atoms. The number of rotatable bonds is 2. The van der Waals surface area contributed by atoms with Crippen molar-refractivity contribution in [1.82, 2.24) is 0 Å². The van der Waals surface area contributed by atoms with Gasteiger partial charge in [0.15, 0.2) is 6.29 Å². The van der Waals surface area contributed by atoms with Crippen molar-refractivity contribution < 1.29 is 9.53 Å². The molecular formula is C16H12O2. The van der Waals surface area contributed by atoms with Crippen LogP contribution in [0.1, 0.15) is 10.4 Å². The zero-order valence-electron chi connectivity index (χ0n) is 10.0. The highest BCUT2D eigenvalue weighted by molar-refractivity contribution is 6.16. The van der Waals surface area contributed by atoms with Gasteiger partial charge >= 0.3 is 0 Å². The Labute approximate surface area is 105 Å². The Morgan fingerprint density at radius 3 is 1.67 bits per heavy atom. The van der Waals surface area contributed by atoms with Crippen molar-refractivity contribution >= 4 is 27.8 Å². The molecule has 0 radical (unpaired) electrons. The summed E-state index contributed by atoms with van der Waals surface area (Å²) in [5.74, 6) is 0.826. The van der Waals surface area contributed by atoms with Crippen LogP contribution in [0.25, 0.3) is 21.5 Å². The molecule has 0 fully saturated rings. The number of carbonyl (C=O) groups excluding carboxylic acids is 1. The van der Waals surface area contributed by atoms with Crippen LogP contribution < -0.4 is 4.74 Å². The number of methoxy groups -OCH3 is 1. The highest BCUT2D eigenvalue weighted by Gasteiger charge is 2.12. The van der Waals surface area contributed by atoms with Crippen LogP contribution in [0, 0.1) is 0 Å². The van der Waals surface area contributed by atoms with E-state index in [9.17, 15) is 4.79 Å². The number of carbonyl (C=O) groups is 1. The minimum absolute atomic E-state index is 0.724. The molecule has 0 saturated carbocycles. The van der Waals surface area contributed by atoms with Gasteiger partial charge in [-0.25, -0.2) is 0 Å². The first-order chi connectivity index (χ1) is 8.86. The summed E-state index contributed by atoms with van der Waals surface area (Å²) in [6.45, 7) is 0. The van der Waals surface area contributed by atoms with E-state index in [4.69, 9.17) is 4.74 Å². The normalized spacial score (nSPS) is 10.7. The lowest BCUT2D eigenvalue weighted by molar-refractivity contribution is 0.112. The van der Waals surface area contributed by atoms with Gasteiger partial charge in [0.2, 0.25) is 0 Å². The third kappa shape index (κ3) is 1.39. The molecule has 0 bridgehead atoms. The highest BCUT2D eigenvalue weighted by Crippen LogP contribution is 2.37. The van der Waals surface area contributed by atoms with E-state index in [1.54, 1.807) is 7.11 Å². The molecule has 3 aromatic carbocycles. The fourth-order valence-electron chi connectivity index (χ4n) is 2.47. The molecule has 0 aliphatic rings. The van der Waals surface area contributed by atoms with Crippen molar-refractivity contribution in [3.8, 4) is 5.75 Å². The summed E-state index contributed by atoms with van der Waals surface area (Å²) < 4.78 is 5.52. The Hall–Kier alpha value is -2.35. The molecule has 0 atom stereocenters. The lowest BCUT2D eigenvalue weighted by atomic mass is 9.96. The van der Waals surface area contributed by atoms with Gasteiger partial charge in [-0.3, -0.25) is 4.79 Å². The predicted octanol–water partition coefficient (Wildman–Crippen LogP) is 3.81. The third-order valence-corrected chi connectivity index (χ3v) is 3.25. The molecule has 0 amide bonds. The Morgan fingerprint density at radius 1 is 0.833 bits per heavy atom. The molecule has 0 unspecified atom stereocenters. The van der Waals surface area contributed by atoms with Crippen LogP contribution in [-0.2, 0) is 0 Å². The average Bonchev–Trinajstić information content (AvgIpc) is 2.44. The van der Waals surface area contributed by atoms with Crippen LogP contribution in [0.15, 0.2) is 48.5 Å². The molecule has 18 heavy (non-hydrogen) atoms. The maximum absolute atomic E-state index is 11.4. The van der Waals surface area contributed by atoms with Gasteiger partial charge in [0, 0.05) is 16.3 Å². The van der Waals surface area contributed by atoms with Crippen LogP contribution in [-0.4, -0.2) is 13.4 Å². The summed E-state index contributed by atoms with van der Waals surface area (Å²) in [7, 11) is 1.66. The van der Waals surface area contributed by atoms with Crippen LogP contribution in [0.2, 0.25) is 0 Å². The second-order valence-corrected chi connectivity index (χ2v) is 4.16. The van der Waals surface area contributed by atoms with E-state index in [2.05, 4.69) is 0 Å². The van der Waals surface area contributed by atoms with Crippen LogP contribution in [0.5, 0.6) is 5.75 Å². The van der Waals surface area contributed by atoms with Crippen molar-refractivity contribution in [2.45, 2.75) is 0 Å². The molecule has 3 aromatic rings. The number of fused-ring (bicyclic) bond motifs is 2. The Bertz CT molecular complexity index is 688. The first-order valence-corrected chi connectivity index (χ1v) is 5.79. The second-order valence-electron chi connectivity index (χ2n) is 4.16. The fraction of sp³-hybridized carbons (Fsp3) is 0.0625. The molecule has 2 heteroatoms. The molecule has 2 nitrogen and oxygen atoms in total. The van der Waals surface area contributed by atoms with Gasteiger partial charge in [-0.05, 0) is 10.8 Å². The fourth-order valence-corrected chi connectivity index (χ4v) is 2.47. The van der Waals surface area contributed by atoms with E-state index in [-0.39, 0.29) is 0 Å². The Balaban J connectivity index is 2.65. The Kier molecular flexibility index (Phi) is 2.49. The smallest absolute Gasteiger partial charge is 0.151 e. The van der Waals surface area contributed by atoms with Crippen molar-refractivity contribution in [3.63, 3.8) is 0 Å². The number of ether oxygens (including phenoxy) is 1. The molecule has 88 valence electrons. The lowest BCUT2D eigenvalue weighted by Gasteiger charge is -2.12. The first kappa shape index (κ1) is 10.8. The van der Waals surface area contributed by atoms with Crippen molar-refractivity contribution in [1.29, 1.82) is 0 Å². The van der Waals surface area contributed by atoms with Crippen LogP contribution in [0.4, 0.5) is 0 Å². The molecule has 0 heterocycles. The average molecular weight is 236 g/mol. The molecule has 0 aromatic heterocycles. The summed E-state index contributed by atoms with van der Waals surface area (Å²) in [5, 5.41) is 3.81. The minimum Gasteiger partial charge on any atom is -0.495 e. The standard InChI is InChI=1S/C16H12O2/c1-18-16-13-8-4-2-6-11(13)15(10-17)12-7-3-5-9-14(12)16/h2-10H,1H3. The number of hydrogen-bond acceptors (Lipinski definition) is 2. The monoisotopic (exact) mass is 236 g/mol. The first-order valence-electron chi connectivity index (χ1n) is 5.79. The zero-order chi connectivity index (χ0) is 12.5. The summed E-state index contributed by atoms with van der Waals surface area (Å²) in [5.41, 5.74) is 0.724. The Morgan fingerprint density at radius 2 is 1.28 bits per heavy atom. The van der Waals surface area contributed by atoms with Gasteiger partial charge in [0.25, 0.3) is 0 Å². The number of hydrogen-bond donors (Lipinski definition) is 0. The topological polar surface area (TPSA) is 26.3 Å². The highest BCUT2D eigenvalue weighted by atomic mass is 16.5. The molecule has 0 aliphatic heterocycles. The predicted molar refractivity (Wildman–Crippen MR) is 73.4 cm³/mol. The largest absolute Gasteiger partial charge is 0.495 e. The van der Waals surface area contributed by atoms with E-state index in [1.807, 2.05) is 48.5 Å². The molecular weight excluding hydrogens is 224 g/mol. The summed E-state index contributed by atoms with van der Waals surface area (Å²) in [4.78, 5) is 11.4. The zero-order valence-corrected chi connectivity index (χ0v) is 10.0. The van der Waals surface area contributed by atoms with E-state index in [0.717, 1.165) is 39.1 Å². The molecule has 0 N–H and O–H groups in total. The quantitative estimate of drug-likeness (QED) is 0.499. The summed E-state index contributed by atoms with van der Waals surface area (Å²) >= 11 is 0. The van der Waals surface area contributed by atoms with Gasteiger partial charge in [-0.15, -0.1) is 0 Å². The minimum atomic E-state index is 0.724. The molecule has 0 saturated heterocycles. The van der Waals surface area contributed by atoms with Crippen LogP contribution >= 0.6 is 0 Å². The second kappa shape index (κ2) is 4.15. The van der Waals surface area contributed by atoms with Crippen LogP contribution in [0.3, 0.4) is 0 Å². The van der Waals surface area contributed by atoms with E-state index in [1.165, 1.54) is 0 Å². The maximum Gasteiger partial charge on any atom is 0.151 e. The van der Waals surface area contributed by atoms with Gasteiger partial charge < -0.3 is 4.74 Å². The molecule has 3 rings (SSSR count). The lowest BCUT2D eigenvalue weighted by Crippen LogP contribution is -1.92. The summed E-state index contributed by atoms with van der Waals surface area (Å²) in [6, 6.07) is 15.6. The summed E-state index contributed by atoms with van der Waals surface area (Å²) in [6.07, 6.45) is 0.921. The third-order valence-electron chi connectivity index (χ3n) is 3.25. The van der Waals surface area contributed by atoms with Gasteiger partial charge in [0.1, 0.15) is 5.75 Å². The number of benzene rings is 3. The van der Waals surface area contributed by atoms with Crippen molar-refractivity contribution in [2.24, 2.45) is 0 Å². The van der Waals surface area contributed by atoms with E-state index < -0.39 is 0 Å². The van der Waals surface area contributed by atoms with Crippen molar-refractivity contribution in [3.05, 3.63) is 54.1 Å². The maximum atomic E-state index is 11.4. The SMILES string of the molecule is COc1c2ccccc2c(C=O)c2ccccc12. The van der Waals surface area contributed by atoms with Gasteiger partial charge in [-0.2, -0.15) is 0 Å². The van der Waals surface area contributed by atoms with E-state index >= 15 is 0 Å². The van der Waals surface area contributed by atoms with Gasteiger partial charge in [0.05, 0.1) is 7.11 Å². The van der Waals surface area contributed by atoms with E-state index in [0.29, 0.717) is 0 Å². The number of aldehydes is 1.